The van der Waals surface area contributed by atoms with Gasteiger partial charge in [0, 0.05) is 38.4 Å². The molecule has 106 valence electrons. The van der Waals surface area contributed by atoms with Crippen LogP contribution in [-0.2, 0) is 20.6 Å². The Labute approximate surface area is 113 Å². The van der Waals surface area contributed by atoms with E-state index in [2.05, 4.69) is 19.2 Å². The highest BCUT2D eigenvalue weighted by Gasteiger charge is 2.33. The van der Waals surface area contributed by atoms with Crippen LogP contribution in [0.4, 0.5) is 0 Å². The minimum absolute atomic E-state index is 0.245. The van der Waals surface area contributed by atoms with E-state index in [9.17, 15) is 9.59 Å². The highest BCUT2D eigenvalue weighted by Crippen LogP contribution is 2.37. The van der Waals surface area contributed by atoms with E-state index in [1.165, 1.54) is 30.5 Å². The zero-order valence-electron chi connectivity index (χ0n) is 12.2. The average molecular weight is 265 g/mol. The third-order valence-corrected chi connectivity index (χ3v) is 4.41. The lowest BCUT2D eigenvalue weighted by Gasteiger charge is -2.28. The lowest BCUT2D eigenvalue weighted by atomic mass is 9.87. The summed E-state index contributed by atoms with van der Waals surface area (Å²) in [5, 5.41) is 3.50. The van der Waals surface area contributed by atoms with Gasteiger partial charge in [-0.15, -0.1) is 0 Å². The minimum Gasteiger partial charge on any atom is -0.308 e. The maximum absolute atomic E-state index is 11.8. The van der Waals surface area contributed by atoms with Gasteiger partial charge in [-0.2, -0.15) is 0 Å². The molecule has 0 bridgehead atoms. The molecular weight excluding hydrogens is 242 g/mol. The van der Waals surface area contributed by atoms with Crippen LogP contribution in [0.15, 0.2) is 15.7 Å². The van der Waals surface area contributed by atoms with Gasteiger partial charge in [-0.1, -0.05) is 20.3 Å². The first-order chi connectivity index (χ1) is 8.83. The molecule has 5 nitrogen and oxygen atoms in total. The second-order valence-corrected chi connectivity index (χ2v) is 6.19. The highest BCUT2D eigenvalue weighted by molar-refractivity contribution is 5.03. The van der Waals surface area contributed by atoms with Crippen LogP contribution in [0.25, 0.3) is 0 Å². The van der Waals surface area contributed by atoms with Crippen LogP contribution >= 0.6 is 0 Å². The first kappa shape index (κ1) is 14.1. The summed E-state index contributed by atoms with van der Waals surface area (Å²) in [5.74, 6) is 0. The summed E-state index contributed by atoms with van der Waals surface area (Å²) in [6.07, 6.45) is 3.62. The molecule has 1 atom stereocenters. The van der Waals surface area contributed by atoms with Crippen LogP contribution < -0.4 is 16.6 Å². The van der Waals surface area contributed by atoms with Crippen molar-refractivity contribution < 1.29 is 0 Å². The van der Waals surface area contributed by atoms with E-state index in [1.54, 1.807) is 7.05 Å². The van der Waals surface area contributed by atoms with Crippen molar-refractivity contribution in [3.8, 4) is 0 Å². The molecule has 1 fully saturated rings. The van der Waals surface area contributed by atoms with E-state index in [4.69, 9.17) is 0 Å². The van der Waals surface area contributed by atoms with Crippen molar-refractivity contribution in [2.24, 2.45) is 19.5 Å². The summed E-state index contributed by atoms with van der Waals surface area (Å²) < 4.78 is 2.67. The second-order valence-electron chi connectivity index (χ2n) is 6.19. The Kier molecular flexibility index (Phi) is 3.67. The standard InChI is InChI=1S/C14H23N3O2/c1-14(2)7-5-6-11(14)15-9-10-8-12(18)17(4)13(19)16(10)3/h8,11,15H,5-7,9H2,1-4H3. The Balaban J connectivity index is 2.17. The molecule has 1 aromatic heterocycles. The first-order valence-corrected chi connectivity index (χ1v) is 6.82. The van der Waals surface area contributed by atoms with Crippen molar-refractivity contribution in [1.29, 1.82) is 0 Å². The Morgan fingerprint density at radius 3 is 2.58 bits per heavy atom. The number of rotatable bonds is 3. The number of hydrogen-bond acceptors (Lipinski definition) is 3. The molecule has 1 N–H and O–H groups in total. The van der Waals surface area contributed by atoms with E-state index in [1.807, 2.05) is 0 Å². The lowest BCUT2D eigenvalue weighted by molar-refractivity contribution is 0.280. The molecule has 0 radical (unpaired) electrons. The topological polar surface area (TPSA) is 56.0 Å². The zero-order valence-corrected chi connectivity index (χ0v) is 12.2. The molecule has 19 heavy (non-hydrogen) atoms. The molecule has 1 aliphatic rings. The van der Waals surface area contributed by atoms with Crippen LogP contribution in [0, 0.1) is 5.41 Å². The second kappa shape index (κ2) is 4.96. The van der Waals surface area contributed by atoms with Gasteiger partial charge in [0.15, 0.2) is 0 Å². The van der Waals surface area contributed by atoms with Gasteiger partial charge in [0.05, 0.1) is 0 Å². The molecule has 1 aliphatic carbocycles. The van der Waals surface area contributed by atoms with Gasteiger partial charge < -0.3 is 5.32 Å². The molecular formula is C14H23N3O2. The number of hydrogen-bond donors (Lipinski definition) is 1. The molecule has 0 aliphatic heterocycles. The molecule has 1 saturated carbocycles. The van der Waals surface area contributed by atoms with Crippen LogP contribution in [0.5, 0.6) is 0 Å². The Hall–Kier alpha value is -1.36. The lowest BCUT2D eigenvalue weighted by Crippen LogP contribution is -2.42. The van der Waals surface area contributed by atoms with Crippen LogP contribution in [0.2, 0.25) is 0 Å². The molecule has 1 heterocycles. The van der Waals surface area contributed by atoms with Crippen LogP contribution in [-0.4, -0.2) is 15.2 Å². The Morgan fingerprint density at radius 2 is 2.00 bits per heavy atom. The SMILES string of the molecule is Cn1c(CNC2CCCC2(C)C)cc(=O)n(C)c1=O. The molecule has 0 aromatic carbocycles. The maximum atomic E-state index is 11.8. The summed E-state index contributed by atoms with van der Waals surface area (Å²) in [5.41, 5.74) is 0.523. The van der Waals surface area contributed by atoms with Crippen molar-refractivity contribution in [1.82, 2.24) is 14.5 Å². The van der Waals surface area contributed by atoms with Gasteiger partial charge in [0.25, 0.3) is 5.56 Å². The fourth-order valence-electron chi connectivity index (χ4n) is 2.88. The average Bonchev–Trinajstić information content (AvgIpc) is 2.69. The van der Waals surface area contributed by atoms with Crippen LogP contribution in [0.1, 0.15) is 38.8 Å². The molecule has 1 unspecified atom stereocenters. The van der Waals surface area contributed by atoms with E-state index in [0.717, 1.165) is 16.7 Å². The van der Waals surface area contributed by atoms with Gasteiger partial charge in [0.2, 0.25) is 0 Å². The van der Waals surface area contributed by atoms with Gasteiger partial charge in [-0.05, 0) is 18.3 Å². The largest absolute Gasteiger partial charge is 0.330 e. The van der Waals surface area contributed by atoms with Gasteiger partial charge in [0.1, 0.15) is 0 Å². The monoisotopic (exact) mass is 265 g/mol. The fourth-order valence-corrected chi connectivity index (χ4v) is 2.88. The number of aromatic nitrogens is 2. The van der Waals surface area contributed by atoms with E-state index >= 15 is 0 Å². The molecule has 5 heteroatoms. The molecule has 0 saturated heterocycles. The molecule has 1 aromatic rings. The summed E-state index contributed by atoms with van der Waals surface area (Å²) in [4.78, 5) is 23.5. The molecule has 0 spiro atoms. The van der Waals surface area contributed by atoms with Gasteiger partial charge in [-0.25, -0.2) is 4.79 Å². The van der Waals surface area contributed by atoms with Gasteiger partial charge in [-0.3, -0.25) is 13.9 Å². The van der Waals surface area contributed by atoms with Crippen molar-refractivity contribution in [3.63, 3.8) is 0 Å². The number of nitrogens with zero attached hydrogens (tertiary/aromatic N) is 2. The number of nitrogens with one attached hydrogen (secondary N) is 1. The third-order valence-electron chi connectivity index (χ3n) is 4.41. The highest BCUT2D eigenvalue weighted by atomic mass is 16.2. The fraction of sp³-hybridized carbons (Fsp3) is 0.714. The summed E-state index contributed by atoms with van der Waals surface area (Å²) in [7, 11) is 3.21. The first-order valence-electron chi connectivity index (χ1n) is 6.82. The van der Waals surface area contributed by atoms with E-state index in [0.29, 0.717) is 18.0 Å². The van der Waals surface area contributed by atoms with Gasteiger partial charge >= 0.3 is 5.69 Å². The van der Waals surface area contributed by atoms with E-state index in [-0.39, 0.29) is 11.2 Å². The zero-order chi connectivity index (χ0) is 14.2. The third kappa shape index (κ3) is 2.66. The predicted molar refractivity (Wildman–Crippen MR) is 75.2 cm³/mol. The summed E-state index contributed by atoms with van der Waals surface area (Å²) in [6.45, 7) is 5.09. The van der Waals surface area contributed by atoms with Crippen molar-refractivity contribution in [2.75, 3.05) is 0 Å². The smallest absolute Gasteiger partial charge is 0.308 e. The molecule has 0 amide bonds. The molecule has 2 rings (SSSR count). The Morgan fingerprint density at radius 1 is 1.32 bits per heavy atom. The normalized spacial score (nSPS) is 21.8. The van der Waals surface area contributed by atoms with Crippen molar-refractivity contribution >= 4 is 0 Å². The minimum atomic E-state index is -0.269. The van der Waals surface area contributed by atoms with Crippen molar-refractivity contribution in [3.05, 3.63) is 32.6 Å². The quantitative estimate of drug-likeness (QED) is 0.877. The Bertz CT molecular complexity index is 583. The maximum Gasteiger partial charge on any atom is 0.330 e. The van der Waals surface area contributed by atoms with Crippen molar-refractivity contribution in [2.45, 2.75) is 45.7 Å². The summed E-state index contributed by atoms with van der Waals surface area (Å²) in [6, 6.07) is 1.99. The predicted octanol–water partition coefficient (Wildman–Crippen LogP) is 0.752. The van der Waals surface area contributed by atoms with Crippen LogP contribution in [0.3, 0.4) is 0 Å². The summed E-state index contributed by atoms with van der Waals surface area (Å²) >= 11 is 0. The van der Waals surface area contributed by atoms with E-state index < -0.39 is 0 Å².